The van der Waals surface area contributed by atoms with Gasteiger partial charge >= 0.3 is 5.97 Å². The van der Waals surface area contributed by atoms with Crippen LogP contribution in [0.3, 0.4) is 0 Å². The van der Waals surface area contributed by atoms with Crippen molar-refractivity contribution >= 4 is 51.1 Å². The molecule has 0 unspecified atom stereocenters. The maximum atomic E-state index is 12.7. The summed E-state index contributed by atoms with van der Waals surface area (Å²) >= 11 is 7.64. The molecule has 0 aliphatic heterocycles. The van der Waals surface area contributed by atoms with E-state index in [2.05, 4.69) is 10.5 Å². The van der Waals surface area contributed by atoms with Crippen molar-refractivity contribution in [1.29, 1.82) is 0 Å². The minimum Gasteiger partial charge on any atom is -0.497 e. The summed E-state index contributed by atoms with van der Waals surface area (Å²) < 4.78 is 27.3. The van der Waals surface area contributed by atoms with E-state index in [0.717, 1.165) is 10.1 Å². The van der Waals surface area contributed by atoms with Gasteiger partial charge in [0.05, 0.1) is 39.7 Å². The summed E-state index contributed by atoms with van der Waals surface area (Å²) in [6, 6.07) is 15.1. The van der Waals surface area contributed by atoms with Gasteiger partial charge in [-0.1, -0.05) is 11.6 Å². The van der Waals surface area contributed by atoms with Crippen molar-refractivity contribution in [3.05, 3.63) is 75.6 Å². The molecule has 4 aromatic rings. The van der Waals surface area contributed by atoms with Gasteiger partial charge in [-0.05, 0) is 60.2 Å². The van der Waals surface area contributed by atoms with Gasteiger partial charge in [0.1, 0.15) is 16.4 Å². The quantitative estimate of drug-likeness (QED) is 0.125. The van der Waals surface area contributed by atoms with E-state index in [9.17, 15) is 9.59 Å². The SMILES string of the molecule is COc1ccc2c(Cl)c(C(=O)Oc3ccc(C=NNC(=O)c4cc(OC)c(OC)c(OC)c4)cc3)sc2c1. The highest BCUT2D eigenvalue weighted by molar-refractivity contribution is 7.21. The van der Waals surface area contributed by atoms with Gasteiger partial charge in [-0.3, -0.25) is 4.79 Å². The van der Waals surface area contributed by atoms with Crippen LogP contribution in [0.4, 0.5) is 0 Å². The number of nitrogens with zero attached hydrogens (tertiary/aromatic N) is 1. The first-order valence-corrected chi connectivity index (χ1v) is 12.3. The third kappa shape index (κ3) is 5.66. The van der Waals surface area contributed by atoms with Crippen molar-refractivity contribution in [2.75, 3.05) is 28.4 Å². The number of carbonyl (C=O) groups excluding carboxylic acids is 2. The Hall–Kier alpha value is -4.28. The summed E-state index contributed by atoms with van der Waals surface area (Å²) in [7, 11) is 5.98. The molecule has 196 valence electrons. The van der Waals surface area contributed by atoms with Crippen molar-refractivity contribution in [1.82, 2.24) is 5.43 Å². The van der Waals surface area contributed by atoms with E-state index >= 15 is 0 Å². The average Bonchev–Trinajstić information content (AvgIpc) is 3.28. The number of methoxy groups -OCH3 is 4. The molecule has 11 heteroatoms. The van der Waals surface area contributed by atoms with Crippen molar-refractivity contribution in [3.8, 4) is 28.7 Å². The van der Waals surface area contributed by atoms with E-state index in [0.29, 0.717) is 44.2 Å². The number of hydrogen-bond acceptors (Lipinski definition) is 9. The van der Waals surface area contributed by atoms with Crippen LogP contribution in [-0.2, 0) is 0 Å². The zero-order valence-corrected chi connectivity index (χ0v) is 22.4. The Labute approximate surface area is 227 Å². The van der Waals surface area contributed by atoms with Crippen LogP contribution in [0.1, 0.15) is 25.6 Å². The highest BCUT2D eigenvalue weighted by Crippen LogP contribution is 2.39. The fourth-order valence-electron chi connectivity index (χ4n) is 3.52. The third-order valence-electron chi connectivity index (χ3n) is 5.42. The molecular weight excluding hydrogens is 532 g/mol. The molecule has 1 amide bonds. The molecule has 1 aromatic heterocycles. The summed E-state index contributed by atoms with van der Waals surface area (Å²) in [4.78, 5) is 25.6. The van der Waals surface area contributed by atoms with E-state index in [-0.39, 0.29) is 5.56 Å². The number of thiophene rings is 1. The normalized spacial score (nSPS) is 10.9. The lowest BCUT2D eigenvalue weighted by Gasteiger charge is -2.13. The molecule has 0 bridgehead atoms. The number of hydrazone groups is 1. The number of halogens is 1. The van der Waals surface area contributed by atoms with Gasteiger partial charge in [0.2, 0.25) is 5.75 Å². The summed E-state index contributed by atoms with van der Waals surface area (Å²) in [6.45, 7) is 0. The zero-order valence-electron chi connectivity index (χ0n) is 20.9. The monoisotopic (exact) mass is 554 g/mol. The molecule has 0 atom stereocenters. The minimum atomic E-state index is -0.561. The number of rotatable bonds is 9. The van der Waals surface area contributed by atoms with E-state index in [1.54, 1.807) is 43.5 Å². The number of benzene rings is 3. The van der Waals surface area contributed by atoms with E-state index in [4.69, 9.17) is 35.3 Å². The number of esters is 1. The lowest BCUT2D eigenvalue weighted by molar-refractivity contribution is 0.0739. The van der Waals surface area contributed by atoms with Gasteiger partial charge in [-0.2, -0.15) is 5.10 Å². The predicted molar refractivity (Wildman–Crippen MR) is 146 cm³/mol. The van der Waals surface area contributed by atoms with Gasteiger partial charge in [-0.25, -0.2) is 10.2 Å². The van der Waals surface area contributed by atoms with Crippen molar-refractivity contribution in [2.24, 2.45) is 5.10 Å². The van der Waals surface area contributed by atoms with E-state index in [1.807, 2.05) is 6.07 Å². The average molecular weight is 555 g/mol. The molecule has 4 rings (SSSR count). The molecule has 9 nitrogen and oxygen atoms in total. The van der Waals surface area contributed by atoms with Gasteiger partial charge in [0.25, 0.3) is 5.91 Å². The maximum Gasteiger partial charge on any atom is 0.355 e. The lowest BCUT2D eigenvalue weighted by atomic mass is 10.1. The van der Waals surface area contributed by atoms with Gasteiger partial charge in [0, 0.05) is 15.6 Å². The summed E-state index contributed by atoms with van der Waals surface area (Å²) in [5.41, 5.74) is 3.40. The van der Waals surface area contributed by atoms with Crippen LogP contribution in [0.5, 0.6) is 28.7 Å². The number of carbonyl (C=O) groups is 2. The molecule has 0 spiro atoms. The number of ether oxygens (including phenoxy) is 5. The summed E-state index contributed by atoms with van der Waals surface area (Å²) in [5.74, 6) is 1.06. The zero-order chi connectivity index (χ0) is 27.2. The van der Waals surface area contributed by atoms with Crippen LogP contribution >= 0.6 is 22.9 Å². The van der Waals surface area contributed by atoms with Crippen LogP contribution < -0.4 is 29.1 Å². The number of amides is 1. The third-order valence-corrected chi connectivity index (χ3v) is 7.06. The second kappa shape index (κ2) is 11.8. The lowest BCUT2D eigenvalue weighted by Crippen LogP contribution is -2.18. The van der Waals surface area contributed by atoms with E-state index < -0.39 is 11.9 Å². The van der Waals surface area contributed by atoms with Crippen LogP contribution in [0, 0.1) is 0 Å². The molecule has 1 N–H and O–H groups in total. The first kappa shape index (κ1) is 26.8. The van der Waals surface area contributed by atoms with Crippen molar-refractivity contribution in [2.45, 2.75) is 0 Å². The summed E-state index contributed by atoms with van der Waals surface area (Å²) in [5, 5.41) is 5.08. The Balaban J connectivity index is 1.40. The number of fused-ring (bicyclic) bond motifs is 1. The smallest absolute Gasteiger partial charge is 0.355 e. The first-order valence-electron chi connectivity index (χ1n) is 11.1. The van der Waals surface area contributed by atoms with Crippen LogP contribution in [0.2, 0.25) is 5.02 Å². The Morgan fingerprint density at radius 3 is 2.13 bits per heavy atom. The predicted octanol–water partition coefficient (Wildman–Crippen LogP) is 5.57. The molecule has 0 saturated carbocycles. The molecule has 0 saturated heterocycles. The van der Waals surface area contributed by atoms with Crippen LogP contribution in [0.25, 0.3) is 10.1 Å². The minimum absolute atomic E-state index is 0.275. The molecular formula is C27H23ClN2O7S. The molecule has 0 fully saturated rings. The molecule has 1 heterocycles. The van der Waals surface area contributed by atoms with Crippen molar-refractivity contribution in [3.63, 3.8) is 0 Å². The molecule has 0 aliphatic rings. The first-order chi connectivity index (χ1) is 18.4. The molecule has 0 aliphatic carbocycles. The largest absolute Gasteiger partial charge is 0.497 e. The second-order valence-corrected chi connectivity index (χ2v) is 9.11. The highest BCUT2D eigenvalue weighted by atomic mass is 35.5. The molecule has 38 heavy (non-hydrogen) atoms. The Morgan fingerprint density at radius 1 is 0.868 bits per heavy atom. The molecule has 0 radical (unpaired) electrons. The van der Waals surface area contributed by atoms with Gasteiger partial charge in [0.15, 0.2) is 11.5 Å². The standard InChI is InChI=1S/C27H23ClN2O7S/c1-33-18-9-10-19-22(13-18)38-25(23(19)28)27(32)37-17-7-5-15(6-8-17)14-29-30-26(31)16-11-20(34-2)24(36-4)21(12-16)35-3/h5-14H,1-4H3,(H,30,31). The second-order valence-electron chi connectivity index (χ2n) is 7.68. The van der Waals surface area contributed by atoms with E-state index in [1.165, 1.54) is 51.0 Å². The number of hydrogen-bond donors (Lipinski definition) is 1. The number of nitrogens with one attached hydrogen (secondary N) is 1. The highest BCUT2D eigenvalue weighted by Gasteiger charge is 2.20. The topological polar surface area (TPSA) is 105 Å². The Bertz CT molecular complexity index is 1490. The Morgan fingerprint density at radius 2 is 1.53 bits per heavy atom. The fraction of sp³-hybridized carbons (Fsp3) is 0.148. The fourth-order valence-corrected chi connectivity index (χ4v) is 4.93. The summed E-state index contributed by atoms with van der Waals surface area (Å²) in [6.07, 6.45) is 1.46. The van der Waals surface area contributed by atoms with Gasteiger partial charge < -0.3 is 23.7 Å². The van der Waals surface area contributed by atoms with Crippen LogP contribution in [-0.4, -0.2) is 46.5 Å². The van der Waals surface area contributed by atoms with Gasteiger partial charge in [-0.15, -0.1) is 11.3 Å². The Kier molecular flexibility index (Phi) is 8.35. The van der Waals surface area contributed by atoms with Crippen LogP contribution in [0.15, 0.2) is 59.7 Å². The maximum absolute atomic E-state index is 12.7. The molecule has 3 aromatic carbocycles. The van der Waals surface area contributed by atoms with Crippen molar-refractivity contribution < 1.29 is 33.3 Å².